The molecule has 1 saturated heterocycles. The third-order valence-electron chi connectivity index (χ3n) is 3.93. The van der Waals surface area contributed by atoms with Crippen LogP contribution < -0.4 is 4.74 Å². The van der Waals surface area contributed by atoms with Crippen molar-refractivity contribution in [3.05, 3.63) is 30.3 Å². The van der Waals surface area contributed by atoms with Crippen LogP contribution in [-0.2, 0) is 9.53 Å². The molecule has 1 heterocycles. The molecule has 1 fully saturated rings. The molecule has 4 heteroatoms. The number of amides is 1. The molecule has 0 radical (unpaired) electrons. The zero-order valence-corrected chi connectivity index (χ0v) is 12.8. The number of hydrogen-bond donors (Lipinski definition) is 0. The summed E-state index contributed by atoms with van der Waals surface area (Å²) in [5, 5.41) is 0. The lowest BCUT2D eigenvalue weighted by Gasteiger charge is -2.35. The molecule has 1 aliphatic heterocycles. The monoisotopic (exact) mass is 291 g/mol. The molecule has 0 aromatic heterocycles. The molecular weight excluding hydrogens is 266 g/mol. The minimum atomic E-state index is 0.201. The van der Waals surface area contributed by atoms with E-state index in [-0.39, 0.29) is 5.91 Å². The summed E-state index contributed by atoms with van der Waals surface area (Å²) >= 11 is 0. The highest BCUT2D eigenvalue weighted by molar-refractivity contribution is 5.76. The van der Waals surface area contributed by atoms with Crippen molar-refractivity contribution in [3.8, 4) is 5.75 Å². The van der Waals surface area contributed by atoms with Gasteiger partial charge in [0.05, 0.1) is 13.0 Å². The molecule has 4 nitrogen and oxygen atoms in total. The maximum absolute atomic E-state index is 12.4. The molecule has 0 saturated carbocycles. The number of nitrogens with zero attached hydrogens (tertiary/aromatic N) is 1. The smallest absolute Gasteiger partial charge is 0.226 e. The van der Waals surface area contributed by atoms with Gasteiger partial charge in [-0.05, 0) is 37.8 Å². The van der Waals surface area contributed by atoms with Crippen LogP contribution in [0.25, 0.3) is 0 Å². The van der Waals surface area contributed by atoms with Gasteiger partial charge in [-0.1, -0.05) is 18.2 Å². The van der Waals surface area contributed by atoms with Gasteiger partial charge in [-0.25, -0.2) is 0 Å². The minimum Gasteiger partial charge on any atom is -0.493 e. The predicted octanol–water partition coefficient (Wildman–Crippen LogP) is 2.87. The first-order valence-corrected chi connectivity index (χ1v) is 7.77. The predicted molar refractivity (Wildman–Crippen MR) is 82.4 cm³/mol. The van der Waals surface area contributed by atoms with Crippen LogP contribution in [0.15, 0.2) is 30.3 Å². The average molecular weight is 291 g/mol. The van der Waals surface area contributed by atoms with Gasteiger partial charge in [0, 0.05) is 26.3 Å². The van der Waals surface area contributed by atoms with Crippen LogP contribution >= 0.6 is 0 Å². The van der Waals surface area contributed by atoms with E-state index >= 15 is 0 Å². The highest BCUT2D eigenvalue weighted by Crippen LogP contribution is 2.20. The summed E-state index contributed by atoms with van der Waals surface area (Å²) in [6.07, 6.45) is 4.78. The van der Waals surface area contributed by atoms with E-state index in [2.05, 4.69) is 0 Å². The third kappa shape index (κ3) is 5.05. The van der Waals surface area contributed by atoms with E-state index in [9.17, 15) is 4.79 Å². The summed E-state index contributed by atoms with van der Waals surface area (Å²) < 4.78 is 10.8. The fourth-order valence-corrected chi connectivity index (χ4v) is 2.80. The number of para-hydroxylation sites is 1. The summed E-state index contributed by atoms with van der Waals surface area (Å²) in [5.41, 5.74) is 0. The van der Waals surface area contributed by atoms with Gasteiger partial charge < -0.3 is 14.4 Å². The number of carbonyl (C=O) groups is 1. The number of methoxy groups -OCH3 is 1. The Kier molecular flexibility index (Phi) is 6.54. The van der Waals surface area contributed by atoms with E-state index in [1.165, 1.54) is 6.42 Å². The Balaban J connectivity index is 1.77. The van der Waals surface area contributed by atoms with E-state index in [1.807, 2.05) is 35.2 Å². The van der Waals surface area contributed by atoms with Crippen LogP contribution in [0, 0.1) is 0 Å². The molecule has 0 unspecified atom stereocenters. The van der Waals surface area contributed by atoms with Crippen molar-refractivity contribution in [2.75, 3.05) is 26.9 Å². The number of piperidine rings is 1. The van der Waals surface area contributed by atoms with Gasteiger partial charge in [0.1, 0.15) is 5.75 Å². The van der Waals surface area contributed by atoms with Crippen molar-refractivity contribution >= 4 is 5.91 Å². The van der Waals surface area contributed by atoms with E-state index in [4.69, 9.17) is 9.47 Å². The number of rotatable bonds is 7. The highest BCUT2D eigenvalue weighted by atomic mass is 16.5. The summed E-state index contributed by atoms with van der Waals surface area (Å²) in [6.45, 7) is 2.03. The third-order valence-corrected chi connectivity index (χ3v) is 3.93. The topological polar surface area (TPSA) is 38.8 Å². The van der Waals surface area contributed by atoms with Gasteiger partial charge in [0.25, 0.3) is 0 Å². The van der Waals surface area contributed by atoms with Crippen LogP contribution in [0.3, 0.4) is 0 Å². The van der Waals surface area contributed by atoms with E-state index in [0.717, 1.165) is 38.2 Å². The Labute approximate surface area is 127 Å². The molecule has 116 valence electrons. The summed E-state index contributed by atoms with van der Waals surface area (Å²) in [6, 6.07) is 9.97. The van der Waals surface area contributed by atoms with Crippen molar-refractivity contribution in [2.45, 2.75) is 38.1 Å². The average Bonchev–Trinajstić information content (AvgIpc) is 2.54. The lowest BCUT2D eigenvalue weighted by atomic mass is 9.99. The Morgan fingerprint density at radius 3 is 2.81 bits per heavy atom. The van der Waals surface area contributed by atoms with Crippen molar-refractivity contribution in [3.63, 3.8) is 0 Å². The van der Waals surface area contributed by atoms with Crippen LogP contribution in [0.2, 0.25) is 0 Å². The van der Waals surface area contributed by atoms with Gasteiger partial charge in [-0.3, -0.25) is 4.79 Å². The van der Waals surface area contributed by atoms with Crippen LogP contribution in [0.1, 0.15) is 32.1 Å². The Morgan fingerprint density at radius 2 is 2.05 bits per heavy atom. The van der Waals surface area contributed by atoms with Gasteiger partial charge in [-0.2, -0.15) is 0 Å². The first-order valence-electron chi connectivity index (χ1n) is 7.77. The molecule has 0 N–H and O–H groups in total. The molecule has 1 atom stereocenters. The van der Waals surface area contributed by atoms with Crippen molar-refractivity contribution in [1.82, 2.24) is 4.90 Å². The number of carbonyl (C=O) groups excluding carboxylic acids is 1. The van der Waals surface area contributed by atoms with Crippen molar-refractivity contribution in [2.24, 2.45) is 0 Å². The molecule has 1 amide bonds. The molecule has 1 aromatic carbocycles. The van der Waals surface area contributed by atoms with Gasteiger partial charge in [-0.15, -0.1) is 0 Å². The maximum Gasteiger partial charge on any atom is 0.226 e. The van der Waals surface area contributed by atoms with Crippen molar-refractivity contribution in [1.29, 1.82) is 0 Å². The second-order valence-electron chi connectivity index (χ2n) is 5.43. The molecule has 0 spiro atoms. The number of likely N-dealkylation sites (tertiary alicyclic amines) is 1. The normalized spacial score (nSPS) is 18.5. The summed E-state index contributed by atoms with van der Waals surface area (Å²) in [5.74, 6) is 1.02. The van der Waals surface area contributed by atoms with E-state index < -0.39 is 0 Å². The lowest BCUT2D eigenvalue weighted by molar-refractivity contribution is -0.135. The van der Waals surface area contributed by atoms with Crippen LogP contribution in [0.4, 0.5) is 0 Å². The SMILES string of the molecule is COCC[C@H]1CCCCN1C(=O)CCOc1ccccc1. The Morgan fingerprint density at radius 1 is 1.24 bits per heavy atom. The Hall–Kier alpha value is -1.55. The molecule has 21 heavy (non-hydrogen) atoms. The van der Waals surface area contributed by atoms with Crippen LogP contribution in [-0.4, -0.2) is 43.7 Å². The van der Waals surface area contributed by atoms with E-state index in [1.54, 1.807) is 7.11 Å². The fraction of sp³-hybridized carbons (Fsp3) is 0.588. The first-order chi connectivity index (χ1) is 10.3. The molecule has 0 bridgehead atoms. The molecule has 0 aliphatic carbocycles. The van der Waals surface area contributed by atoms with E-state index in [0.29, 0.717) is 19.1 Å². The zero-order chi connectivity index (χ0) is 14.9. The van der Waals surface area contributed by atoms with Crippen molar-refractivity contribution < 1.29 is 14.3 Å². The summed E-state index contributed by atoms with van der Waals surface area (Å²) in [4.78, 5) is 14.4. The lowest BCUT2D eigenvalue weighted by Crippen LogP contribution is -2.44. The Bertz CT molecular complexity index is 421. The molecule has 2 rings (SSSR count). The number of ether oxygens (including phenoxy) is 2. The largest absolute Gasteiger partial charge is 0.493 e. The van der Waals surface area contributed by atoms with Gasteiger partial charge in [0.2, 0.25) is 5.91 Å². The fourth-order valence-electron chi connectivity index (χ4n) is 2.80. The quantitative estimate of drug-likeness (QED) is 0.775. The molecule has 1 aliphatic rings. The zero-order valence-electron chi connectivity index (χ0n) is 12.8. The standard InChI is InChI=1S/C17H25NO3/c1-20-13-10-15-7-5-6-12-18(15)17(19)11-14-21-16-8-3-2-4-9-16/h2-4,8-9,15H,5-7,10-14H2,1H3/t15-/m1/s1. The number of benzene rings is 1. The minimum absolute atomic E-state index is 0.201. The molecule has 1 aromatic rings. The van der Waals surface area contributed by atoms with Gasteiger partial charge in [0.15, 0.2) is 0 Å². The molecular formula is C17H25NO3. The van der Waals surface area contributed by atoms with Gasteiger partial charge >= 0.3 is 0 Å². The first kappa shape index (κ1) is 15.8. The van der Waals surface area contributed by atoms with Crippen LogP contribution in [0.5, 0.6) is 5.75 Å². The second kappa shape index (κ2) is 8.67. The number of hydrogen-bond acceptors (Lipinski definition) is 3. The second-order valence-corrected chi connectivity index (χ2v) is 5.43. The maximum atomic E-state index is 12.4. The highest BCUT2D eigenvalue weighted by Gasteiger charge is 2.25. The summed E-state index contributed by atoms with van der Waals surface area (Å²) in [7, 11) is 1.71.